The first-order valence-corrected chi connectivity index (χ1v) is 7.10. The van der Waals surface area contributed by atoms with Crippen LogP contribution in [0.15, 0.2) is 18.3 Å². The zero-order valence-electron chi connectivity index (χ0n) is 12.8. The van der Waals surface area contributed by atoms with Crippen LogP contribution < -0.4 is 5.32 Å². The van der Waals surface area contributed by atoms with E-state index in [1.807, 2.05) is 33.8 Å². The molecule has 6 heteroatoms. The highest BCUT2D eigenvalue weighted by atomic mass is 16.1. The third-order valence-electron chi connectivity index (χ3n) is 3.08. The van der Waals surface area contributed by atoms with E-state index in [1.165, 1.54) is 0 Å². The molecule has 0 aromatic carbocycles. The van der Waals surface area contributed by atoms with Gasteiger partial charge in [-0.1, -0.05) is 13.8 Å². The van der Waals surface area contributed by atoms with Crippen LogP contribution >= 0.6 is 0 Å². The Kier molecular flexibility index (Phi) is 4.67. The van der Waals surface area contributed by atoms with Crippen LogP contribution in [0.5, 0.6) is 0 Å². The van der Waals surface area contributed by atoms with Crippen molar-refractivity contribution < 1.29 is 4.79 Å². The van der Waals surface area contributed by atoms with Crippen molar-refractivity contribution in [3.63, 3.8) is 0 Å². The molecule has 2 N–H and O–H groups in total. The fourth-order valence-corrected chi connectivity index (χ4v) is 2.02. The van der Waals surface area contributed by atoms with E-state index in [4.69, 9.17) is 0 Å². The number of amides is 1. The van der Waals surface area contributed by atoms with Crippen molar-refractivity contribution in [1.82, 2.24) is 25.5 Å². The summed E-state index contributed by atoms with van der Waals surface area (Å²) in [5, 5.41) is 10.0. The molecular formula is C15H21N5O. The predicted molar refractivity (Wildman–Crippen MR) is 80.1 cm³/mol. The third-order valence-corrected chi connectivity index (χ3v) is 3.08. The molecule has 0 saturated heterocycles. The van der Waals surface area contributed by atoms with Gasteiger partial charge in [-0.25, -0.2) is 9.97 Å². The molecule has 0 aliphatic carbocycles. The van der Waals surface area contributed by atoms with Crippen molar-refractivity contribution in [2.75, 3.05) is 0 Å². The largest absolute Gasteiger partial charge is 0.348 e. The maximum atomic E-state index is 12.2. The number of aromatic nitrogens is 4. The van der Waals surface area contributed by atoms with E-state index in [1.54, 1.807) is 12.3 Å². The second-order valence-electron chi connectivity index (χ2n) is 5.58. The molecule has 0 saturated carbocycles. The van der Waals surface area contributed by atoms with Crippen molar-refractivity contribution in [2.24, 2.45) is 0 Å². The zero-order chi connectivity index (χ0) is 15.4. The molecule has 2 aromatic rings. The predicted octanol–water partition coefficient (Wildman–Crippen LogP) is 1.99. The Bertz CT molecular complexity index is 620. The van der Waals surface area contributed by atoms with Gasteiger partial charge >= 0.3 is 0 Å². The molecule has 2 rings (SSSR count). The molecule has 1 amide bonds. The van der Waals surface area contributed by atoms with Gasteiger partial charge in [0, 0.05) is 30.3 Å². The minimum absolute atomic E-state index is 0.0161. The molecule has 0 bridgehead atoms. The lowest BCUT2D eigenvalue weighted by Gasteiger charge is -2.12. The van der Waals surface area contributed by atoms with E-state index in [2.05, 4.69) is 25.5 Å². The molecule has 1 unspecified atom stereocenters. The maximum Gasteiger partial charge on any atom is 0.270 e. The van der Waals surface area contributed by atoms with E-state index in [-0.39, 0.29) is 17.9 Å². The van der Waals surface area contributed by atoms with Gasteiger partial charge in [0.2, 0.25) is 0 Å². The molecule has 2 heterocycles. The van der Waals surface area contributed by atoms with Crippen LogP contribution in [0.4, 0.5) is 0 Å². The van der Waals surface area contributed by atoms with Crippen LogP contribution in [-0.4, -0.2) is 32.1 Å². The standard InChI is InChI=1S/C15H21N5O/c1-9(2)14-16-6-5-13(18-14)15(21)17-10(3)7-12-8-11(4)19-20-12/h5-6,8-10H,7H2,1-4H3,(H,17,21)(H,19,20). The fraction of sp³-hybridized carbons (Fsp3) is 0.467. The Balaban J connectivity index is 1.98. The summed E-state index contributed by atoms with van der Waals surface area (Å²) in [6, 6.07) is 3.59. The fourth-order valence-electron chi connectivity index (χ4n) is 2.02. The number of aryl methyl sites for hydroxylation is 1. The number of nitrogens with zero attached hydrogens (tertiary/aromatic N) is 3. The molecule has 6 nitrogen and oxygen atoms in total. The lowest BCUT2D eigenvalue weighted by atomic mass is 10.1. The number of rotatable bonds is 5. The summed E-state index contributed by atoms with van der Waals surface area (Å²) in [6.45, 7) is 7.90. The first kappa shape index (κ1) is 15.2. The molecular weight excluding hydrogens is 266 g/mol. The highest BCUT2D eigenvalue weighted by Gasteiger charge is 2.14. The molecule has 1 atom stereocenters. The van der Waals surface area contributed by atoms with Crippen LogP contribution in [0.25, 0.3) is 0 Å². The van der Waals surface area contributed by atoms with E-state index >= 15 is 0 Å². The normalized spacial score (nSPS) is 12.4. The van der Waals surface area contributed by atoms with Gasteiger partial charge in [0.05, 0.1) is 5.69 Å². The summed E-state index contributed by atoms with van der Waals surface area (Å²) in [4.78, 5) is 20.7. The van der Waals surface area contributed by atoms with Gasteiger partial charge < -0.3 is 5.32 Å². The Hall–Kier alpha value is -2.24. The Labute approximate surface area is 124 Å². The first-order chi connectivity index (χ1) is 9.95. The summed E-state index contributed by atoms with van der Waals surface area (Å²) < 4.78 is 0. The van der Waals surface area contributed by atoms with Gasteiger partial charge in [-0.05, 0) is 26.0 Å². The number of hydrogen-bond acceptors (Lipinski definition) is 4. The molecule has 0 spiro atoms. The Morgan fingerprint density at radius 1 is 1.38 bits per heavy atom. The van der Waals surface area contributed by atoms with Crippen LogP contribution in [0.2, 0.25) is 0 Å². The number of H-pyrrole nitrogens is 1. The van der Waals surface area contributed by atoms with Crippen molar-refractivity contribution in [3.05, 3.63) is 41.2 Å². The average Bonchev–Trinajstić information content (AvgIpc) is 2.83. The lowest BCUT2D eigenvalue weighted by Crippen LogP contribution is -2.34. The second kappa shape index (κ2) is 6.47. The van der Waals surface area contributed by atoms with Gasteiger partial charge in [-0.2, -0.15) is 5.10 Å². The second-order valence-corrected chi connectivity index (χ2v) is 5.58. The molecule has 112 valence electrons. The van der Waals surface area contributed by atoms with Gasteiger partial charge in [0.1, 0.15) is 11.5 Å². The topological polar surface area (TPSA) is 83.6 Å². The Morgan fingerprint density at radius 2 is 2.14 bits per heavy atom. The van der Waals surface area contributed by atoms with Crippen molar-refractivity contribution in [3.8, 4) is 0 Å². The van der Waals surface area contributed by atoms with Crippen LogP contribution in [0, 0.1) is 6.92 Å². The SMILES string of the molecule is Cc1cc(CC(C)NC(=O)c2ccnc(C(C)C)n2)n[nH]1. The molecule has 0 aliphatic rings. The third kappa shape index (κ3) is 4.11. The highest BCUT2D eigenvalue weighted by Crippen LogP contribution is 2.08. The molecule has 21 heavy (non-hydrogen) atoms. The maximum absolute atomic E-state index is 12.2. The van der Waals surface area contributed by atoms with E-state index in [9.17, 15) is 4.79 Å². The average molecular weight is 287 g/mol. The molecule has 2 aromatic heterocycles. The van der Waals surface area contributed by atoms with Gasteiger partial charge in [0.15, 0.2) is 0 Å². The van der Waals surface area contributed by atoms with Crippen molar-refractivity contribution in [1.29, 1.82) is 0 Å². The summed E-state index contributed by atoms with van der Waals surface area (Å²) in [5.41, 5.74) is 2.35. The minimum atomic E-state index is -0.181. The van der Waals surface area contributed by atoms with E-state index in [0.717, 1.165) is 11.4 Å². The van der Waals surface area contributed by atoms with Crippen LogP contribution in [0.3, 0.4) is 0 Å². The van der Waals surface area contributed by atoms with Crippen molar-refractivity contribution >= 4 is 5.91 Å². The number of aromatic amines is 1. The number of hydrogen-bond donors (Lipinski definition) is 2. The van der Waals surface area contributed by atoms with Gasteiger partial charge in [0.25, 0.3) is 5.91 Å². The highest BCUT2D eigenvalue weighted by molar-refractivity contribution is 5.92. The Morgan fingerprint density at radius 3 is 2.76 bits per heavy atom. The summed E-state index contributed by atoms with van der Waals surface area (Å²) in [7, 11) is 0. The smallest absolute Gasteiger partial charge is 0.270 e. The zero-order valence-corrected chi connectivity index (χ0v) is 12.8. The van der Waals surface area contributed by atoms with E-state index < -0.39 is 0 Å². The number of nitrogens with one attached hydrogen (secondary N) is 2. The van der Waals surface area contributed by atoms with Crippen LogP contribution in [-0.2, 0) is 6.42 Å². The summed E-state index contributed by atoms with van der Waals surface area (Å²) >= 11 is 0. The minimum Gasteiger partial charge on any atom is -0.348 e. The van der Waals surface area contributed by atoms with E-state index in [0.29, 0.717) is 17.9 Å². The molecule has 0 radical (unpaired) electrons. The molecule has 0 fully saturated rings. The quantitative estimate of drug-likeness (QED) is 0.881. The lowest BCUT2D eigenvalue weighted by molar-refractivity contribution is 0.0934. The van der Waals surface area contributed by atoms with Crippen molar-refractivity contribution in [2.45, 2.75) is 46.1 Å². The van der Waals surface area contributed by atoms with Crippen LogP contribution in [0.1, 0.15) is 54.4 Å². The number of carbonyl (C=O) groups is 1. The molecule has 0 aliphatic heterocycles. The summed E-state index contributed by atoms with van der Waals surface area (Å²) in [5.74, 6) is 0.694. The number of carbonyl (C=O) groups excluding carboxylic acids is 1. The van der Waals surface area contributed by atoms with Gasteiger partial charge in [-0.15, -0.1) is 0 Å². The van der Waals surface area contributed by atoms with Gasteiger partial charge in [-0.3, -0.25) is 9.89 Å². The summed E-state index contributed by atoms with van der Waals surface area (Å²) in [6.07, 6.45) is 2.30. The first-order valence-electron chi connectivity index (χ1n) is 7.10. The monoisotopic (exact) mass is 287 g/mol.